The molecule has 100 valence electrons. The number of para-hydroxylation sites is 1. The van der Waals surface area contributed by atoms with Crippen LogP contribution in [0.4, 0.5) is 0 Å². The van der Waals surface area contributed by atoms with Crippen LogP contribution >= 0.6 is 0 Å². The molecule has 0 spiro atoms. The second kappa shape index (κ2) is 4.87. The number of sulfone groups is 1. The summed E-state index contributed by atoms with van der Waals surface area (Å²) in [7, 11) is -7.42. The van der Waals surface area contributed by atoms with E-state index in [1.165, 1.54) is 12.1 Å². The van der Waals surface area contributed by atoms with Crippen molar-refractivity contribution >= 4 is 20.2 Å². The summed E-state index contributed by atoms with van der Waals surface area (Å²) < 4.78 is 54.8. The van der Waals surface area contributed by atoms with Crippen LogP contribution < -0.4 is 4.18 Å². The molecule has 1 aromatic rings. The zero-order valence-electron chi connectivity index (χ0n) is 9.35. The zero-order chi connectivity index (χ0) is 13.2. The van der Waals surface area contributed by atoms with E-state index in [1.807, 2.05) is 0 Å². The fourth-order valence-corrected chi connectivity index (χ4v) is 4.18. The van der Waals surface area contributed by atoms with Gasteiger partial charge in [-0.25, -0.2) is 12.6 Å². The Hall–Kier alpha value is -1.12. The molecule has 0 amide bonds. The zero-order valence-corrected chi connectivity index (χ0v) is 11.0. The molecule has 0 bridgehead atoms. The Morgan fingerprint density at radius 1 is 1.17 bits per heavy atom. The molecule has 1 aliphatic heterocycles. The van der Waals surface area contributed by atoms with Crippen LogP contribution in [0.5, 0.6) is 5.75 Å². The van der Waals surface area contributed by atoms with E-state index in [2.05, 4.69) is 4.18 Å². The summed E-state index contributed by atoms with van der Waals surface area (Å²) in [6.45, 7) is 0. The third-order valence-corrected chi connectivity index (χ3v) is 5.03. The Morgan fingerprint density at radius 3 is 2.39 bits per heavy atom. The van der Waals surface area contributed by atoms with Gasteiger partial charge in [-0.1, -0.05) is 18.2 Å². The average molecular weight is 292 g/mol. The Labute approximate surface area is 106 Å². The van der Waals surface area contributed by atoms with Crippen LogP contribution in [0.1, 0.15) is 6.42 Å². The maximum atomic E-state index is 11.5. The van der Waals surface area contributed by atoms with Gasteiger partial charge in [0, 0.05) is 0 Å². The first kappa shape index (κ1) is 13.3. The molecule has 1 fully saturated rings. The average Bonchev–Trinajstić information content (AvgIpc) is 2.57. The van der Waals surface area contributed by atoms with Crippen molar-refractivity contribution < 1.29 is 25.2 Å². The van der Waals surface area contributed by atoms with Gasteiger partial charge >= 0.3 is 10.4 Å². The largest absolute Gasteiger partial charge is 0.449 e. The summed E-state index contributed by atoms with van der Waals surface area (Å²) in [5, 5.41) is 0. The van der Waals surface area contributed by atoms with E-state index >= 15 is 0 Å². The van der Waals surface area contributed by atoms with Crippen molar-refractivity contribution in [3.05, 3.63) is 30.3 Å². The molecule has 18 heavy (non-hydrogen) atoms. The van der Waals surface area contributed by atoms with Gasteiger partial charge in [-0.2, -0.15) is 8.42 Å². The number of hydrogen-bond acceptors (Lipinski definition) is 6. The van der Waals surface area contributed by atoms with E-state index in [9.17, 15) is 16.8 Å². The van der Waals surface area contributed by atoms with Crippen LogP contribution in [-0.4, -0.2) is 34.4 Å². The number of benzene rings is 1. The van der Waals surface area contributed by atoms with Crippen LogP contribution in [-0.2, 0) is 24.4 Å². The lowest BCUT2D eigenvalue weighted by atomic mass is 10.3. The van der Waals surface area contributed by atoms with Crippen molar-refractivity contribution in [2.24, 2.45) is 0 Å². The minimum atomic E-state index is -4.23. The highest BCUT2D eigenvalue weighted by Crippen LogP contribution is 2.19. The molecular formula is C10H12O6S2. The van der Waals surface area contributed by atoms with Gasteiger partial charge < -0.3 is 4.18 Å². The maximum Gasteiger partial charge on any atom is 0.449 e. The van der Waals surface area contributed by atoms with Gasteiger partial charge in [0.2, 0.25) is 0 Å². The molecule has 1 atom stereocenters. The van der Waals surface area contributed by atoms with E-state index in [0.717, 1.165) is 0 Å². The van der Waals surface area contributed by atoms with Crippen LogP contribution in [0, 0.1) is 0 Å². The van der Waals surface area contributed by atoms with Crippen LogP contribution in [0.25, 0.3) is 0 Å². The first-order chi connectivity index (χ1) is 8.36. The third kappa shape index (κ3) is 3.69. The van der Waals surface area contributed by atoms with Gasteiger partial charge in [0.15, 0.2) is 9.84 Å². The first-order valence-corrected chi connectivity index (χ1v) is 8.40. The summed E-state index contributed by atoms with van der Waals surface area (Å²) in [4.78, 5) is 0. The highest BCUT2D eigenvalue weighted by molar-refractivity contribution is 7.91. The monoisotopic (exact) mass is 292 g/mol. The molecule has 8 heteroatoms. The minimum absolute atomic E-state index is 0.0570. The van der Waals surface area contributed by atoms with E-state index in [-0.39, 0.29) is 23.7 Å². The first-order valence-electron chi connectivity index (χ1n) is 5.24. The van der Waals surface area contributed by atoms with E-state index < -0.39 is 26.3 Å². The second-order valence-corrected chi connectivity index (χ2v) is 7.33. The quantitative estimate of drug-likeness (QED) is 0.804. The molecule has 0 N–H and O–H groups in total. The Balaban J connectivity index is 2.01. The van der Waals surface area contributed by atoms with Gasteiger partial charge in [-0.05, 0) is 18.6 Å². The lowest BCUT2D eigenvalue weighted by molar-refractivity contribution is 0.206. The third-order valence-electron chi connectivity index (χ3n) is 2.39. The predicted molar refractivity (Wildman–Crippen MR) is 64.1 cm³/mol. The highest BCUT2D eigenvalue weighted by Gasteiger charge is 2.33. The summed E-state index contributed by atoms with van der Waals surface area (Å²) in [5.74, 6) is -0.221. The van der Waals surface area contributed by atoms with Gasteiger partial charge in [0.25, 0.3) is 0 Å². The number of hydrogen-bond donors (Lipinski definition) is 0. The van der Waals surface area contributed by atoms with Gasteiger partial charge in [-0.3, -0.25) is 0 Å². The number of rotatable bonds is 4. The van der Waals surface area contributed by atoms with E-state index in [1.54, 1.807) is 18.2 Å². The standard InChI is InChI=1S/C10H12O6S2/c11-17(12)7-6-10(8-17)16-18(13,14)15-9-4-2-1-3-5-9/h1-5,10H,6-8H2. The minimum Gasteiger partial charge on any atom is -0.362 e. The molecule has 0 aliphatic carbocycles. The molecule has 0 radical (unpaired) electrons. The second-order valence-electron chi connectivity index (χ2n) is 3.93. The summed E-state index contributed by atoms with van der Waals surface area (Å²) in [5.41, 5.74) is 0. The molecule has 6 nitrogen and oxygen atoms in total. The Kier molecular flexibility index (Phi) is 3.60. The molecule has 2 rings (SSSR count). The van der Waals surface area contributed by atoms with Crippen molar-refractivity contribution in [3.63, 3.8) is 0 Å². The van der Waals surface area contributed by atoms with Crippen molar-refractivity contribution in [2.75, 3.05) is 11.5 Å². The van der Waals surface area contributed by atoms with Crippen molar-refractivity contribution in [2.45, 2.75) is 12.5 Å². The molecular weight excluding hydrogens is 280 g/mol. The van der Waals surface area contributed by atoms with E-state index in [4.69, 9.17) is 4.18 Å². The lowest BCUT2D eigenvalue weighted by Crippen LogP contribution is -2.23. The summed E-state index contributed by atoms with van der Waals surface area (Å²) in [6.07, 6.45) is -0.691. The molecule has 0 saturated carbocycles. The van der Waals surface area contributed by atoms with Crippen LogP contribution in [0.15, 0.2) is 30.3 Å². The molecule has 1 aliphatic rings. The van der Waals surface area contributed by atoms with Crippen molar-refractivity contribution in [1.82, 2.24) is 0 Å². The topological polar surface area (TPSA) is 86.7 Å². The SMILES string of the molecule is O=S1(=O)CCC(OS(=O)(=O)Oc2ccccc2)C1. The Bertz CT molecular complexity index is 605. The molecule has 0 aromatic heterocycles. The molecule has 1 unspecified atom stereocenters. The van der Waals surface area contributed by atoms with Gasteiger partial charge in [-0.15, -0.1) is 0 Å². The van der Waals surface area contributed by atoms with E-state index in [0.29, 0.717) is 0 Å². The van der Waals surface area contributed by atoms with Gasteiger partial charge in [0.05, 0.1) is 17.6 Å². The normalized spacial score (nSPS) is 22.8. The smallest absolute Gasteiger partial charge is 0.362 e. The fourth-order valence-electron chi connectivity index (χ4n) is 1.62. The van der Waals surface area contributed by atoms with Crippen LogP contribution in [0.3, 0.4) is 0 Å². The fraction of sp³-hybridized carbons (Fsp3) is 0.400. The highest BCUT2D eigenvalue weighted by atomic mass is 32.3. The lowest BCUT2D eigenvalue weighted by Gasteiger charge is -2.10. The summed E-state index contributed by atoms with van der Waals surface area (Å²) >= 11 is 0. The maximum absolute atomic E-state index is 11.5. The Morgan fingerprint density at radius 2 is 1.83 bits per heavy atom. The van der Waals surface area contributed by atoms with Crippen molar-refractivity contribution in [1.29, 1.82) is 0 Å². The molecule has 1 saturated heterocycles. The van der Waals surface area contributed by atoms with Crippen molar-refractivity contribution in [3.8, 4) is 5.75 Å². The van der Waals surface area contributed by atoms with Crippen LogP contribution in [0.2, 0.25) is 0 Å². The molecule has 1 heterocycles. The van der Waals surface area contributed by atoms with Gasteiger partial charge in [0.1, 0.15) is 5.75 Å². The predicted octanol–water partition coefficient (Wildman–Crippen LogP) is 0.514. The molecule has 1 aromatic carbocycles. The summed E-state index contributed by atoms with van der Waals surface area (Å²) in [6, 6.07) is 7.87.